The van der Waals surface area contributed by atoms with E-state index in [9.17, 15) is 50.0 Å². The minimum atomic E-state index is -2.19. The van der Waals surface area contributed by atoms with Crippen molar-refractivity contribution in [2.45, 2.75) is 288 Å². The molecule has 532 valence electrons. The van der Waals surface area contributed by atoms with E-state index in [4.69, 9.17) is 61.6 Å². The van der Waals surface area contributed by atoms with E-state index in [0.29, 0.717) is 44.0 Å². The molecule has 4 aliphatic carbocycles. The number of nitrogens with zero attached hydrogens (tertiary/aromatic N) is 1. The maximum atomic E-state index is 15.6. The van der Waals surface area contributed by atoms with Crippen LogP contribution in [0.3, 0.4) is 0 Å². The van der Waals surface area contributed by atoms with Gasteiger partial charge in [0.1, 0.15) is 29.8 Å². The smallest absolute Gasteiger partial charge is 0.407 e. The molecule has 1 spiro atoms. The van der Waals surface area contributed by atoms with Gasteiger partial charge in [0.2, 0.25) is 5.78 Å². The van der Waals surface area contributed by atoms with Crippen molar-refractivity contribution in [1.29, 1.82) is 0 Å². The number of hydrogen-bond donors (Lipinski definition) is 7. The van der Waals surface area contributed by atoms with E-state index in [0.717, 1.165) is 5.57 Å². The van der Waals surface area contributed by atoms with Gasteiger partial charge in [0.15, 0.2) is 43.2 Å². The van der Waals surface area contributed by atoms with E-state index >= 15 is 4.79 Å². The Morgan fingerprint density at radius 1 is 0.705 bits per heavy atom. The number of ketones is 1. The van der Waals surface area contributed by atoms with E-state index in [-0.39, 0.29) is 48.3 Å². The van der Waals surface area contributed by atoms with Crippen molar-refractivity contribution in [1.82, 2.24) is 10.5 Å². The molecule has 6 heterocycles. The standard InChI is InChI=1S/C69H102N2O24/c1-31(2)64(78)94-60-39(10)87-54(27-50(60)91-51-22-20-49(37(8)85-51)90-53-26-47(75)59(38(9)86-53)92-52-21-18-45(73)36(7)84-52)93-58-35(6)23-34(5)57-42(58)16-17-43-32(3)15-19-48(89-55-29-67(12,71(81)82)61(40(11)88-55)70-66(80)83-14)33(4)24-44-46(74)25-41(30-72)28-69(44)63(77)56(65(79)95-69)62(76)68(43,57)13/h15-17,24-25,30-31,34-40,42-55,57-61,73-76,81-82H,18-23,26-29H2,1-14H3,(H,70,80)/b32-15+,33-24+,62-56?/t34-,35-,36-,37-,38-,39-,40+,42-,43-,44+,45+,46-,47+,48-,49+,50+,51-,52-,53+,54+,55-,57+,58-,59-,60-,61-,67-,68+,69-/m0/s1. The van der Waals surface area contributed by atoms with Gasteiger partial charge in [-0.15, -0.1) is 0 Å². The molecule has 0 aromatic rings. The molecule has 1 amide bonds. The number of esters is 2. The van der Waals surface area contributed by atoms with Crippen LogP contribution in [0, 0.1) is 46.8 Å². The fraction of sp³-hybridized carbons (Fsp3) is 0.783. The fourth-order valence-electron chi connectivity index (χ4n) is 17.0. The Bertz CT molecular complexity index is 2960. The lowest BCUT2D eigenvalue weighted by molar-refractivity contribution is -0.390. The van der Waals surface area contributed by atoms with Gasteiger partial charge in [-0.1, -0.05) is 69.7 Å². The van der Waals surface area contributed by atoms with Crippen molar-refractivity contribution in [3.05, 3.63) is 58.4 Å². The topological polar surface area (TPSA) is 342 Å². The van der Waals surface area contributed by atoms with Crippen LogP contribution in [0.4, 0.5) is 4.79 Å². The van der Waals surface area contributed by atoms with Crippen LogP contribution in [-0.2, 0) is 80.8 Å². The second-order valence-electron chi connectivity index (χ2n) is 29.2. The molecule has 0 unspecified atom stereocenters. The van der Waals surface area contributed by atoms with Crippen LogP contribution in [-0.4, -0.2) is 207 Å². The number of allylic oxidation sites excluding steroid dienone is 3. The predicted molar refractivity (Wildman–Crippen MR) is 333 cm³/mol. The Labute approximate surface area is 555 Å². The van der Waals surface area contributed by atoms with E-state index in [1.807, 2.05) is 39.8 Å². The summed E-state index contributed by atoms with van der Waals surface area (Å²) < 4.78 is 82.3. The van der Waals surface area contributed by atoms with Gasteiger partial charge in [0.05, 0.1) is 97.7 Å². The van der Waals surface area contributed by atoms with Gasteiger partial charge in [-0.3, -0.25) is 24.8 Å². The molecule has 26 heteroatoms. The van der Waals surface area contributed by atoms with E-state index < -0.39 is 211 Å². The Morgan fingerprint density at radius 3 is 1.99 bits per heavy atom. The zero-order valence-corrected chi connectivity index (χ0v) is 57.1. The number of amides is 1. The lowest BCUT2D eigenvalue weighted by Gasteiger charge is -2.56. The molecule has 1 saturated carbocycles. The SMILES string of the molecule is COC(=O)N[C@H]1[C@@H](C)O[C@@H](O[C@H]2C/C=C(\C)[C@@H]3C=C[C@@H]4[C@@H](O[C@@H]5C[C@@H](O[C@H]6CC[C@@H](O[C@@H]7C[C@@H](O)[C@@H](O[C@H]8CC[C@@H](O)[C@H](C)O8)[C@H](C)O7)[C@H](C)O6)[C@@H](OC(=O)C(C)C)[C@H](C)O5)[C@@H](C)C[C@H](C)[C@H]4[C@]3(C)C(O)=C3C(=O)O[C@]4(CC(C=O)=C[C@H](O)[C@H]4/C=C/2C)C3=O)C[C@]1(C)N(O)O. The Balaban J connectivity index is 0.913. The fourth-order valence-corrected chi connectivity index (χ4v) is 17.0. The van der Waals surface area contributed by atoms with Crippen LogP contribution < -0.4 is 5.32 Å². The number of rotatable bonds is 15. The van der Waals surface area contributed by atoms with E-state index in [2.05, 4.69) is 25.2 Å². The highest BCUT2D eigenvalue weighted by Crippen LogP contribution is 2.61. The summed E-state index contributed by atoms with van der Waals surface area (Å²) in [6.07, 6.45) is -3.65. The number of aldehydes is 1. The molecule has 0 aromatic heterocycles. The van der Waals surface area contributed by atoms with E-state index in [1.54, 1.807) is 47.6 Å². The number of hydrogen-bond acceptors (Lipinski definition) is 25. The van der Waals surface area contributed by atoms with Crippen molar-refractivity contribution < 1.29 is 116 Å². The van der Waals surface area contributed by atoms with Crippen molar-refractivity contribution in [2.24, 2.45) is 46.8 Å². The van der Waals surface area contributed by atoms with Crippen LogP contribution in [0.2, 0.25) is 0 Å². The first-order chi connectivity index (χ1) is 44.8. The summed E-state index contributed by atoms with van der Waals surface area (Å²) in [5.74, 6) is -6.73. The highest BCUT2D eigenvalue weighted by molar-refractivity contribution is 6.26. The van der Waals surface area contributed by atoms with Gasteiger partial charge < -0.3 is 87.3 Å². The quantitative estimate of drug-likeness (QED) is 0.0221. The maximum Gasteiger partial charge on any atom is 0.407 e. The molecule has 0 aromatic carbocycles. The number of hydroxylamine groups is 2. The zero-order chi connectivity index (χ0) is 69.1. The number of fused-ring (bicyclic) bond motifs is 4. The minimum absolute atomic E-state index is 0.0101. The van der Waals surface area contributed by atoms with E-state index in [1.165, 1.54) is 20.1 Å². The van der Waals surface area contributed by atoms with Crippen molar-refractivity contribution >= 4 is 30.1 Å². The van der Waals surface area contributed by atoms with Gasteiger partial charge in [-0.2, -0.15) is 0 Å². The molecular weight excluding hydrogens is 1240 g/mol. The van der Waals surface area contributed by atoms with Crippen molar-refractivity contribution in [2.75, 3.05) is 7.11 Å². The largest absolute Gasteiger partial charge is 0.511 e. The molecule has 10 aliphatic rings. The summed E-state index contributed by atoms with van der Waals surface area (Å²) >= 11 is 0. The average molecular weight is 1340 g/mol. The Kier molecular flexibility index (Phi) is 22.6. The second kappa shape index (κ2) is 29.3. The molecule has 2 bridgehead atoms. The van der Waals surface area contributed by atoms with Gasteiger partial charge in [0.25, 0.3) is 0 Å². The van der Waals surface area contributed by atoms with Crippen LogP contribution >= 0.6 is 0 Å². The number of Topliss-reactive ketones (excluding diaryl/α,β-unsaturated/α-hetero) is 1. The highest BCUT2D eigenvalue weighted by atomic mass is 16.8. The third-order valence-electron chi connectivity index (χ3n) is 22.2. The summed E-state index contributed by atoms with van der Waals surface area (Å²) in [7, 11) is 1.18. The summed E-state index contributed by atoms with van der Waals surface area (Å²) in [6.45, 7) is 23.5. The molecule has 6 saturated heterocycles. The normalized spacial score (nSPS) is 46.8. The van der Waals surface area contributed by atoms with Gasteiger partial charge in [-0.05, 0) is 116 Å². The van der Waals surface area contributed by atoms with Crippen LogP contribution in [0.15, 0.2) is 58.4 Å². The third kappa shape index (κ3) is 14.6. The lowest BCUT2D eigenvalue weighted by Crippen LogP contribution is -2.68. The molecule has 7 N–H and O–H groups in total. The van der Waals surface area contributed by atoms with Crippen LogP contribution in [0.1, 0.15) is 154 Å². The number of aliphatic hydroxyl groups excluding tert-OH is 4. The maximum absolute atomic E-state index is 15.6. The molecule has 26 nitrogen and oxygen atoms in total. The molecule has 0 radical (unpaired) electrons. The number of ether oxygens (including phenoxy) is 13. The number of nitrogens with one attached hydrogen (secondary N) is 1. The summed E-state index contributed by atoms with van der Waals surface area (Å²) in [5, 5.41) is 70.8. The predicted octanol–water partition coefficient (Wildman–Crippen LogP) is 6.80. The minimum Gasteiger partial charge on any atom is -0.511 e. The third-order valence-corrected chi connectivity index (χ3v) is 22.2. The number of carbonyl (C=O) groups is 5. The van der Waals surface area contributed by atoms with Gasteiger partial charge in [0, 0.05) is 55.8 Å². The summed E-state index contributed by atoms with van der Waals surface area (Å²) in [4.78, 5) is 68.9. The molecule has 95 heavy (non-hydrogen) atoms. The van der Waals surface area contributed by atoms with Gasteiger partial charge in [-0.25, -0.2) is 9.59 Å². The first-order valence-electron chi connectivity index (χ1n) is 34.0. The van der Waals surface area contributed by atoms with Crippen molar-refractivity contribution in [3.63, 3.8) is 0 Å². The average Bonchev–Trinajstić information content (AvgIpc) is 1.52. The molecule has 10 rings (SSSR count). The van der Waals surface area contributed by atoms with Crippen molar-refractivity contribution in [3.8, 4) is 0 Å². The van der Waals surface area contributed by atoms with Crippen LogP contribution in [0.25, 0.3) is 0 Å². The second-order valence-corrected chi connectivity index (χ2v) is 29.2. The lowest BCUT2D eigenvalue weighted by atomic mass is 9.49. The monoisotopic (exact) mass is 1340 g/mol. The molecule has 29 atom stereocenters. The number of alkyl carbamates (subject to hydrolysis) is 1. The molecule has 6 aliphatic heterocycles. The van der Waals surface area contributed by atoms with Crippen LogP contribution in [0.5, 0.6) is 0 Å². The number of methoxy groups -OCH3 is 1. The number of aliphatic hydroxyl groups is 4. The Morgan fingerprint density at radius 2 is 1.34 bits per heavy atom. The number of carbonyl (C=O) groups excluding carboxylic acids is 5. The Hall–Kier alpha value is -4.59. The molecular formula is C69H102N2O24. The summed E-state index contributed by atoms with van der Waals surface area (Å²) in [6, 6.07) is -1.00. The summed E-state index contributed by atoms with van der Waals surface area (Å²) in [5.41, 5.74) is -4.59. The highest BCUT2D eigenvalue weighted by Gasteiger charge is 2.65. The first kappa shape index (κ1) is 73.1. The molecule has 7 fully saturated rings. The van der Waals surface area contributed by atoms with Gasteiger partial charge >= 0.3 is 18.0 Å². The first-order valence-corrected chi connectivity index (χ1v) is 34.0. The zero-order valence-electron chi connectivity index (χ0n) is 57.1.